The summed E-state index contributed by atoms with van der Waals surface area (Å²) in [6.07, 6.45) is 64.7. The average molecular weight is 862 g/mol. The molecule has 6 nitrogen and oxygen atoms in total. The maximum atomic E-state index is 13.2. The van der Waals surface area contributed by atoms with Gasteiger partial charge in [0, 0.05) is 6.42 Å². The Bertz CT molecular complexity index is 1240. The van der Waals surface area contributed by atoms with Crippen LogP contribution in [0.2, 0.25) is 0 Å². The third-order valence-electron chi connectivity index (χ3n) is 11.0. The number of amides is 1. The first-order valence-corrected chi connectivity index (χ1v) is 25.5. The van der Waals surface area contributed by atoms with Crippen molar-refractivity contribution in [2.45, 2.75) is 238 Å². The van der Waals surface area contributed by atoms with Crippen LogP contribution >= 0.6 is 0 Å². The van der Waals surface area contributed by atoms with E-state index in [1.54, 1.807) is 0 Å². The van der Waals surface area contributed by atoms with Gasteiger partial charge in [-0.2, -0.15) is 0 Å². The van der Waals surface area contributed by atoms with Gasteiger partial charge in [0.1, 0.15) is 6.10 Å². The summed E-state index contributed by atoms with van der Waals surface area (Å²) >= 11 is 0. The molecule has 0 saturated heterocycles. The molecular formula is C56H95NO5. The van der Waals surface area contributed by atoms with Crippen LogP contribution < -0.4 is 5.32 Å². The summed E-state index contributed by atoms with van der Waals surface area (Å²) < 4.78 is 5.90. The molecule has 0 aromatic heterocycles. The zero-order chi connectivity index (χ0) is 45.2. The molecule has 0 aliphatic rings. The Labute approximate surface area is 382 Å². The highest BCUT2D eigenvalue weighted by Gasteiger charge is 2.24. The number of ether oxygens (including phenoxy) is 1. The van der Waals surface area contributed by atoms with E-state index in [1.165, 1.54) is 77.0 Å². The molecule has 3 atom stereocenters. The van der Waals surface area contributed by atoms with E-state index in [-0.39, 0.29) is 24.9 Å². The molecule has 0 aliphatic carbocycles. The Morgan fingerprint density at radius 2 is 0.968 bits per heavy atom. The van der Waals surface area contributed by atoms with Gasteiger partial charge < -0.3 is 20.3 Å². The topological polar surface area (TPSA) is 95.9 Å². The predicted octanol–water partition coefficient (Wildman–Crippen LogP) is 15.3. The van der Waals surface area contributed by atoms with Crippen LogP contribution in [-0.4, -0.2) is 46.9 Å². The van der Waals surface area contributed by atoms with Crippen molar-refractivity contribution in [2.75, 3.05) is 6.61 Å². The number of allylic oxidation sites excluding steroid dienone is 16. The lowest BCUT2D eigenvalue weighted by Crippen LogP contribution is -2.46. The first-order valence-electron chi connectivity index (χ1n) is 25.5. The lowest BCUT2D eigenvalue weighted by atomic mass is 10.0. The SMILES string of the molecule is CC/C=C\C/C=C\C/C=C\C/C=C\C/C=C\CCCC(CC(=O)NC(CO)C(O)CCCCCCCCCCCCC)OC(=O)CCCCCCCCC/C=C/C=C/C=C/CC. The van der Waals surface area contributed by atoms with Crippen molar-refractivity contribution in [1.29, 1.82) is 0 Å². The smallest absolute Gasteiger partial charge is 0.306 e. The Hall–Kier alpha value is -3.22. The molecule has 0 fully saturated rings. The molecule has 354 valence electrons. The van der Waals surface area contributed by atoms with Gasteiger partial charge >= 0.3 is 5.97 Å². The van der Waals surface area contributed by atoms with E-state index in [4.69, 9.17) is 4.74 Å². The minimum absolute atomic E-state index is 0.0282. The van der Waals surface area contributed by atoms with Crippen molar-refractivity contribution in [2.24, 2.45) is 0 Å². The Balaban J connectivity index is 4.74. The number of unbranched alkanes of at least 4 members (excludes halogenated alkanes) is 18. The molecular weight excluding hydrogens is 767 g/mol. The summed E-state index contributed by atoms with van der Waals surface area (Å²) in [4.78, 5) is 26.1. The number of nitrogens with one attached hydrogen (secondary N) is 1. The normalized spacial score (nSPS) is 14.1. The largest absolute Gasteiger partial charge is 0.462 e. The molecule has 62 heavy (non-hydrogen) atoms. The van der Waals surface area contributed by atoms with E-state index in [1.807, 2.05) is 0 Å². The number of carbonyl (C=O) groups excluding carboxylic acids is 2. The van der Waals surface area contributed by atoms with Crippen LogP contribution in [0.25, 0.3) is 0 Å². The van der Waals surface area contributed by atoms with Crippen LogP contribution in [0, 0.1) is 0 Å². The molecule has 0 rings (SSSR count). The second-order valence-electron chi connectivity index (χ2n) is 16.9. The van der Waals surface area contributed by atoms with Crippen LogP contribution in [0.15, 0.2) is 97.2 Å². The highest BCUT2D eigenvalue weighted by Crippen LogP contribution is 2.16. The molecule has 0 aliphatic heterocycles. The minimum Gasteiger partial charge on any atom is -0.462 e. The van der Waals surface area contributed by atoms with E-state index in [0.717, 1.165) is 96.3 Å². The first kappa shape index (κ1) is 58.8. The molecule has 0 radical (unpaired) electrons. The fraction of sp³-hybridized carbons (Fsp3) is 0.679. The van der Waals surface area contributed by atoms with Crippen LogP contribution in [0.3, 0.4) is 0 Å². The number of hydrogen-bond acceptors (Lipinski definition) is 5. The molecule has 6 heteroatoms. The monoisotopic (exact) mass is 862 g/mol. The maximum Gasteiger partial charge on any atom is 0.306 e. The fourth-order valence-electron chi connectivity index (χ4n) is 7.17. The van der Waals surface area contributed by atoms with Gasteiger partial charge in [-0.05, 0) is 83.5 Å². The number of rotatable bonds is 44. The van der Waals surface area contributed by atoms with Crippen LogP contribution in [0.4, 0.5) is 0 Å². The molecule has 0 bridgehead atoms. The number of aliphatic hydroxyl groups is 2. The Morgan fingerprint density at radius 3 is 1.52 bits per heavy atom. The highest BCUT2D eigenvalue weighted by atomic mass is 16.5. The third kappa shape index (κ3) is 43.4. The van der Waals surface area contributed by atoms with Gasteiger partial charge in [0.25, 0.3) is 0 Å². The van der Waals surface area contributed by atoms with E-state index in [2.05, 4.69) is 123 Å². The van der Waals surface area contributed by atoms with E-state index >= 15 is 0 Å². The van der Waals surface area contributed by atoms with Gasteiger partial charge in [-0.25, -0.2) is 0 Å². The van der Waals surface area contributed by atoms with Gasteiger partial charge in [0.2, 0.25) is 5.91 Å². The lowest BCUT2D eigenvalue weighted by molar-refractivity contribution is -0.151. The molecule has 3 unspecified atom stereocenters. The first-order chi connectivity index (χ1) is 30.5. The maximum absolute atomic E-state index is 13.2. The van der Waals surface area contributed by atoms with Crippen molar-refractivity contribution in [3.8, 4) is 0 Å². The Morgan fingerprint density at radius 1 is 0.500 bits per heavy atom. The van der Waals surface area contributed by atoms with Crippen molar-refractivity contribution < 1.29 is 24.5 Å². The molecule has 1 amide bonds. The fourth-order valence-corrected chi connectivity index (χ4v) is 7.17. The number of hydrogen-bond donors (Lipinski definition) is 3. The second kappa shape index (κ2) is 48.8. The van der Waals surface area contributed by atoms with Crippen LogP contribution in [0.1, 0.15) is 220 Å². The summed E-state index contributed by atoms with van der Waals surface area (Å²) in [7, 11) is 0. The molecule has 0 heterocycles. The number of aliphatic hydroxyl groups excluding tert-OH is 2. The average Bonchev–Trinajstić information content (AvgIpc) is 3.26. The van der Waals surface area contributed by atoms with Gasteiger partial charge in [0.15, 0.2) is 0 Å². The predicted molar refractivity (Wildman–Crippen MR) is 268 cm³/mol. The molecule has 0 spiro atoms. The molecule has 0 aromatic rings. The standard InChI is InChI=1S/C56H95NO5/c1-4-7-10-13-16-19-22-24-26-27-29-30-33-35-38-41-44-47-52(62-56(61)49-46-43-40-37-34-31-28-25-23-20-17-14-11-8-5-2)50-55(60)57-53(51-58)54(59)48-45-42-39-36-32-21-18-15-12-9-6-3/h7-8,10-11,14,16-17,19-20,23-24,26,29-30,35,38,52-54,58-59H,4-6,9,12-13,15,18,21-22,25,27-28,31-34,36-37,39-51H2,1-3H3,(H,57,60)/b10-7-,11-8+,17-14+,19-16-,23-20+,26-24-,30-29-,38-35-. The third-order valence-corrected chi connectivity index (χ3v) is 11.0. The summed E-state index contributed by atoms with van der Waals surface area (Å²) in [5.41, 5.74) is 0. The quantitative estimate of drug-likeness (QED) is 0.0245. The van der Waals surface area contributed by atoms with Crippen molar-refractivity contribution in [3.05, 3.63) is 97.2 Å². The molecule has 0 aromatic carbocycles. The Kier molecular flexibility index (Phi) is 46.3. The van der Waals surface area contributed by atoms with Crippen molar-refractivity contribution >= 4 is 11.9 Å². The lowest BCUT2D eigenvalue weighted by Gasteiger charge is -2.24. The summed E-state index contributed by atoms with van der Waals surface area (Å²) in [6.45, 7) is 6.21. The molecule has 0 saturated carbocycles. The number of carbonyl (C=O) groups is 2. The van der Waals surface area contributed by atoms with Crippen LogP contribution in [0.5, 0.6) is 0 Å². The van der Waals surface area contributed by atoms with E-state index in [0.29, 0.717) is 19.3 Å². The van der Waals surface area contributed by atoms with E-state index < -0.39 is 18.2 Å². The van der Waals surface area contributed by atoms with Gasteiger partial charge in [-0.15, -0.1) is 0 Å². The highest BCUT2D eigenvalue weighted by molar-refractivity contribution is 5.77. The van der Waals surface area contributed by atoms with Gasteiger partial charge in [0.05, 0.1) is 25.2 Å². The number of esters is 1. The van der Waals surface area contributed by atoms with Gasteiger partial charge in [-0.3, -0.25) is 9.59 Å². The summed E-state index contributed by atoms with van der Waals surface area (Å²) in [5.74, 6) is -0.551. The summed E-state index contributed by atoms with van der Waals surface area (Å²) in [6, 6.07) is -0.727. The van der Waals surface area contributed by atoms with E-state index in [9.17, 15) is 19.8 Å². The molecule has 3 N–H and O–H groups in total. The van der Waals surface area contributed by atoms with Gasteiger partial charge in [-0.1, -0.05) is 221 Å². The zero-order valence-electron chi connectivity index (χ0n) is 40.2. The minimum atomic E-state index is -0.809. The van der Waals surface area contributed by atoms with Crippen molar-refractivity contribution in [1.82, 2.24) is 5.32 Å². The van der Waals surface area contributed by atoms with Crippen LogP contribution in [-0.2, 0) is 14.3 Å². The summed E-state index contributed by atoms with van der Waals surface area (Å²) in [5, 5.41) is 23.7. The second-order valence-corrected chi connectivity index (χ2v) is 16.9. The van der Waals surface area contributed by atoms with Crippen molar-refractivity contribution in [3.63, 3.8) is 0 Å². The zero-order valence-corrected chi connectivity index (χ0v) is 40.2.